The molecule has 61 heavy (non-hydrogen) atoms. The number of allylic oxidation sites excluding steroid dienone is 16. The molecule has 0 rings (SSSR count). The molecule has 0 bridgehead atoms. The standard InChI is InChI=1S/C55H90O6/c1-4-7-10-13-16-19-22-24-26-27-29-30-33-36-39-42-45-48-54(57)60-51-52(50-59-53(56)47-44-41-38-35-32-21-18-15-12-9-6-3)61-55(58)49-46-43-40-37-34-31-28-25-23-20-17-14-11-8-5-2/h8,11,15-20,24-26,28-30,34,37,52H,4-7,9-10,12-14,21-23,27,31-33,35-36,38-51H2,1-3H3/b11-8-,18-15-,19-16-,20-17-,26-24-,28-25-,30-29-,37-34-/t52-/m1/s1. The van der Waals surface area contributed by atoms with Crippen LogP contribution in [0, 0.1) is 0 Å². The van der Waals surface area contributed by atoms with E-state index < -0.39 is 6.10 Å². The van der Waals surface area contributed by atoms with Gasteiger partial charge in [-0.05, 0) is 116 Å². The maximum Gasteiger partial charge on any atom is 0.306 e. The third-order valence-corrected chi connectivity index (χ3v) is 10.0. The topological polar surface area (TPSA) is 78.9 Å². The highest BCUT2D eigenvalue weighted by molar-refractivity contribution is 5.71. The Labute approximate surface area is 375 Å². The van der Waals surface area contributed by atoms with E-state index in [1.807, 2.05) is 0 Å². The molecule has 0 aromatic heterocycles. The highest BCUT2D eigenvalue weighted by Crippen LogP contribution is 2.12. The van der Waals surface area contributed by atoms with Crippen LogP contribution in [-0.2, 0) is 28.6 Å². The Hall–Kier alpha value is -3.67. The van der Waals surface area contributed by atoms with Gasteiger partial charge in [-0.25, -0.2) is 0 Å². The van der Waals surface area contributed by atoms with Crippen molar-refractivity contribution in [1.29, 1.82) is 0 Å². The SMILES string of the molecule is CC/C=C\C/C=C\C/C=C\C/C=C\CCCCC(=O)O[C@@H](COC(=O)CCCCCC/C=C\C/C=C\C/C=C\CCCCC)COC(=O)CCCCCCC/C=C\CCCC. The second-order valence-corrected chi connectivity index (χ2v) is 16.0. The van der Waals surface area contributed by atoms with Crippen LogP contribution in [0.15, 0.2) is 97.2 Å². The molecule has 0 amide bonds. The van der Waals surface area contributed by atoms with E-state index in [0.29, 0.717) is 19.3 Å². The van der Waals surface area contributed by atoms with Crippen molar-refractivity contribution in [2.24, 2.45) is 0 Å². The van der Waals surface area contributed by atoms with Crippen molar-refractivity contribution in [2.45, 2.75) is 219 Å². The summed E-state index contributed by atoms with van der Waals surface area (Å²) in [5.74, 6) is -0.988. The molecule has 0 radical (unpaired) electrons. The Morgan fingerprint density at radius 2 is 0.656 bits per heavy atom. The molecule has 6 nitrogen and oxygen atoms in total. The number of esters is 3. The predicted octanol–water partition coefficient (Wildman–Crippen LogP) is 16.2. The van der Waals surface area contributed by atoms with Crippen LogP contribution in [0.4, 0.5) is 0 Å². The van der Waals surface area contributed by atoms with Crippen molar-refractivity contribution in [3.63, 3.8) is 0 Å². The first kappa shape index (κ1) is 57.3. The lowest BCUT2D eigenvalue weighted by molar-refractivity contribution is -0.167. The number of carbonyl (C=O) groups is 3. The zero-order chi connectivity index (χ0) is 44.4. The summed E-state index contributed by atoms with van der Waals surface area (Å²) in [5.41, 5.74) is 0. The normalized spacial score (nSPS) is 12.9. The minimum atomic E-state index is -0.811. The molecular weight excluding hydrogens is 757 g/mol. The smallest absolute Gasteiger partial charge is 0.306 e. The average Bonchev–Trinajstić information content (AvgIpc) is 3.26. The zero-order valence-electron chi connectivity index (χ0n) is 39.4. The second kappa shape index (κ2) is 49.0. The number of rotatable bonds is 43. The molecule has 0 saturated heterocycles. The Balaban J connectivity index is 4.50. The van der Waals surface area contributed by atoms with Crippen molar-refractivity contribution < 1.29 is 28.6 Å². The van der Waals surface area contributed by atoms with Crippen molar-refractivity contribution in [1.82, 2.24) is 0 Å². The lowest BCUT2D eigenvalue weighted by Gasteiger charge is -2.18. The van der Waals surface area contributed by atoms with Crippen LogP contribution in [0.1, 0.15) is 213 Å². The van der Waals surface area contributed by atoms with Crippen molar-refractivity contribution in [3.8, 4) is 0 Å². The van der Waals surface area contributed by atoms with Gasteiger partial charge in [0.2, 0.25) is 0 Å². The number of unbranched alkanes of at least 4 members (excludes halogenated alkanes) is 16. The monoisotopic (exact) mass is 847 g/mol. The van der Waals surface area contributed by atoms with Crippen LogP contribution < -0.4 is 0 Å². The maximum atomic E-state index is 12.8. The lowest BCUT2D eigenvalue weighted by Crippen LogP contribution is -2.30. The first-order valence-electron chi connectivity index (χ1n) is 24.7. The average molecular weight is 847 g/mol. The predicted molar refractivity (Wildman–Crippen MR) is 260 cm³/mol. The van der Waals surface area contributed by atoms with Crippen LogP contribution >= 0.6 is 0 Å². The molecule has 0 N–H and O–H groups in total. The van der Waals surface area contributed by atoms with Gasteiger partial charge in [0.15, 0.2) is 6.10 Å². The quantitative estimate of drug-likeness (QED) is 0.0263. The number of hydrogen-bond donors (Lipinski definition) is 0. The summed E-state index contributed by atoms with van der Waals surface area (Å²) in [5, 5.41) is 0. The summed E-state index contributed by atoms with van der Waals surface area (Å²) in [4.78, 5) is 37.9. The van der Waals surface area contributed by atoms with E-state index in [4.69, 9.17) is 14.2 Å². The van der Waals surface area contributed by atoms with E-state index in [9.17, 15) is 14.4 Å². The zero-order valence-corrected chi connectivity index (χ0v) is 39.4. The molecule has 6 heteroatoms. The second-order valence-electron chi connectivity index (χ2n) is 16.0. The molecule has 0 aliphatic carbocycles. The van der Waals surface area contributed by atoms with Gasteiger partial charge >= 0.3 is 17.9 Å². The third-order valence-electron chi connectivity index (χ3n) is 10.0. The van der Waals surface area contributed by atoms with Gasteiger partial charge in [0.1, 0.15) is 13.2 Å². The number of ether oxygens (including phenoxy) is 3. The molecule has 0 saturated carbocycles. The minimum absolute atomic E-state index is 0.107. The number of carbonyl (C=O) groups excluding carboxylic acids is 3. The van der Waals surface area contributed by atoms with Gasteiger partial charge in [0, 0.05) is 19.3 Å². The first-order chi connectivity index (χ1) is 30.0. The minimum Gasteiger partial charge on any atom is -0.462 e. The fourth-order valence-electron chi connectivity index (χ4n) is 6.30. The van der Waals surface area contributed by atoms with E-state index in [1.165, 1.54) is 51.4 Å². The molecule has 0 heterocycles. The molecule has 0 aliphatic rings. The summed E-state index contributed by atoms with van der Waals surface area (Å²) < 4.78 is 16.7. The van der Waals surface area contributed by atoms with E-state index >= 15 is 0 Å². The van der Waals surface area contributed by atoms with Gasteiger partial charge in [-0.2, -0.15) is 0 Å². The molecule has 0 spiro atoms. The summed E-state index contributed by atoms with van der Waals surface area (Å²) >= 11 is 0. The molecule has 0 fully saturated rings. The third kappa shape index (κ3) is 47.2. The lowest BCUT2D eigenvalue weighted by atomic mass is 10.1. The molecule has 0 aromatic rings. The van der Waals surface area contributed by atoms with E-state index in [0.717, 1.165) is 116 Å². The van der Waals surface area contributed by atoms with Gasteiger partial charge in [-0.3, -0.25) is 14.4 Å². The molecular formula is C55H90O6. The number of hydrogen-bond acceptors (Lipinski definition) is 6. The van der Waals surface area contributed by atoms with Crippen LogP contribution in [0.2, 0.25) is 0 Å². The van der Waals surface area contributed by atoms with Crippen molar-refractivity contribution >= 4 is 17.9 Å². The van der Waals surface area contributed by atoms with Gasteiger partial charge in [-0.1, -0.05) is 176 Å². The van der Waals surface area contributed by atoms with E-state index in [1.54, 1.807) is 0 Å². The summed E-state index contributed by atoms with van der Waals surface area (Å²) in [7, 11) is 0. The Morgan fingerprint density at radius 3 is 1.10 bits per heavy atom. The van der Waals surface area contributed by atoms with E-state index in [-0.39, 0.29) is 37.5 Å². The molecule has 1 atom stereocenters. The summed E-state index contributed by atoms with van der Waals surface area (Å²) in [6.45, 7) is 6.37. The molecule has 0 aliphatic heterocycles. The summed E-state index contributed by atoms with van der Waals surface area (Å²) in [6, 6.07) is 0. The van der Waals surface area contributed by atoms with Crippen molar-refractivity contribution in [2.75, 3.05) is 13.2 Å². The summed E-state index contributed by atoms with van der Waals surface area (Å²) in [6.07, 6.45) is 63.9. The van der Waals surface area contributed by atoms with Crippen LogP contribution in [0.3, 0.4) is 0 Å². The fourth-order valence-corrected chi connectivity index (χ4v) is 6.30. The Bertz CT molecular complexity index is 1250. The van der Waals surface area contributed by atoms with E-state index in [2.05, 4.69) is 118 Å². The van der Waals surface area contributed by atoms with Gasteiger partial charge in [0.25, 0.3) is 0 Å². The Kier molecular flexibility index (Phi) is 46.0. The molecule has 0 unspecified atom stereocenters. The first-order valence-corrected chi connectivity index (χ1v) is 24.7. The van der Waals surface area contributed by atoms with Gasteiger partial charge < -0.3 is 14.2 Å². The van der Waals surface area contributed by atoms with Gasteiger partial charge in [-0.15, -0.1) is 0 Å². The Morgan fingerprint density at radius 1 is 0.344 bits per heavy atom. The van der Waals surface area contributed by atoms with Crippen molar-refractivity contribution in [3.05, 3.63) is 97.2 Å². The molecule has 0 aromatic carbocycles. The molecule has 346 valence electrons. The van der Waals surface area contributed by atoms with Crippen LogP contribution in [0.25, 0.3) is 0 Å². The van der Waals surface area contributed by atoms with Crippen LogP contribution in [-0.4, -0.2) is 37.2 Å². The largest absolute Gasteiger partial charge is 0.462 e. The highest BCUT2D eigenvalue weighted by Gasteiger charge is 2.19. The van der Waals surface area contributed by atoms with Gasteiger partial charge in [0.05, 0.1) is 0 Å². The maximum absolute atomic E-state index is 12.8. The van der Waals surface area contributed by atoms with Crippen LogP contribution in [0.5, 0.6) is 0 Å². The highest BCUT2D eigenvalue weighted by atomic mass is 16.6. The fraction of sp³-hybridized carbons (Fsp3) is 0.655.